The van der Waals surface area contributed by atoms with Gasteiger partial charge in [-0.3, -0.25) is 82.7 Å². The van der Waals surface area contributed by atoms with E-state index >= 15 is 4.79 Å². The monoisotopic (exact) mass is 1560 g/mol. The van der Waals surface area contributed by atoms with E-state index in [9.17, 15) is 72.2 Å². The standard InChI is InChI=1S/C74H110N22O16/c1-41(2)33-50(64(104)92-52(35-45-21-11-7-12-22-45)66(106)89-48(26-16-30-83-74(80)81)72(112)96-32-18-28-56(96)68(108)88-47(25-15-29-82-73(78)79)63(103)90-49(61(77)101)37-57(75)98)91-67(107)53(36-46-23-13-8-14-24-46)93-65(105)51(34-44-19-9-6-10-20-44)87-59(100)39-84-58(99)38-85-62(102)54(40-97)94-69(109)55-27-17-31-95(55)71(111)43(5)86-70(110)60(76)42(3)4/h6-14,19-24,41-43,47-56,60,97H,15-18,25-40,76H2,1-5H3,(H2,75,98)(H2,77,101)(H,84,99)(H,85,102)(H,86,110)(H,87,100)(H,88,108)(H,89,106)(H,90,103)(H,91,107)(H,92,104)(H,93,105)(H,94,109)(H4,78,79,82)(H4,80,81,83)/t43-,47-,48-,49-,50-,51-,52-,53-,54-,55-,56-,60-/m0/s1. The fourth-order valence-electron chi connectivity index (χ4n) is 12.5. The van der Waals surface area contributed by atoms with Gasteiger partial charge < -0.3 is 113 Å². The average Bonchev–Trinajstić information content (AvgIpc) is 1.64. The number of aliphatic hydroxyl groups is 1. The van der Waals surface area contributed by atoms with Gasteiger partial charge in [0.1, 0.15) is 66.5 Å². The van der Waals surface area contributed by atoms with Crippen molar-refractivity contribution in [3.63, 3.8) is 0 Å². The smallest absolute Gasteiger partial charge is 0.245 e. The topological polar surface area (TPSA) is 617 Å². The first kappa shape index (κ1) is 90.8. The number of guanidine groups is 2. The first-order valence-corrected chi connectivity index (χ1v) is 37.3. The van der Waals surface area contributed by atoms with Crippen molar-refractivity contribution in [1.29, 1.82) is 10.8 Å². The number of amides is 15. The van der Waals surface area contributed by atoms with Crippen LogP contribution in [0.5, 0.6) is 0 Å². The molecule has 26 N–H and O–H groups in total. The van der Waals surface area contributed by atoms with Gasteiger partial charge in [-0.1, -0.05) is 119 Å². The van der Waals surface area contributed by atoms with Crippen LogP contribution in [0, 0.1) is 22.7 Å². The zero-order chi connectivity index (χ0) is 82.7. The van der Waals surface area contributed by atoms with Crippen molar-refractivity contribution < 1.29 is 77.0 Å². The summed E-state index contributed by atoms with van der Waals surface area (Å²) in [6.45, 7) is 6.42. The summed E-state index contributed by atoms with van der Waals surface area (Å²) in [6.07, 6.45) is -0.0511. The van der Waals surface area contributed by atoms with Gasteiger partial charge in [0.05, 0.1) is 32.2 Å². The lowest BCUT2D eigenvalue weighted by Gasteiger charge is -2.31. The Morgan fingerprint density at radius 3 is 1.29 bits per heavy atom. The molecule has 0 unspecified atom stereocenters. The van der Waals surface area contributed by atoms with Crippen molar-refractivity contribution in [1.82, 2.24) is 78.9 Å². The van der Waals surface area contributed by atoms with Gasteiger partial charge in [0, 0.05) is 45.4 Å². The number of primary amides is 2. The number of rotatable bonds is 45. The molecule has 0 radical (unpaired) electrons. The van der Waals surface area contributed by atoms with E-state index in [1.165, 1.54) is 16.7 Å². The van der Waals surface area contributed by atoms with Crippen LogP contribution in [0.15, 0.2) is 91.0 Å². The van der Waals surface area contributed by atoms with E-state index in [0.717, 1.165) is 0 Å². The Labute approximate surface area is 649 Å². The Hall–Kier alpha value is -11.8. The first-order chi connectivity index (χ1) is 53.1. The van der Waals surface area contributed by atoms with E-state index in [-0.39, 0.29) is 114 Å². The van der Waals surface area contributed by atoms with Crippen molar-refractivity contribution in [2.24, 2.45) is 40.5 Å². The van der Waals surface area contributed by atoms with Crippen molar-refractivity contribution in [3.8, 4) is 0 Å². The van der Waals surface area contributed by atoms with Crippen molar-refractivity contribution in [2.75, 3.05) is 45.9 Å². The lowest BCUT2D eigenvalue weighted by atomic mass is 9.99. The summed E-state index contributed by atoms with van der Waals surface area (Å²) in [7, 11) is 0. The minimum Gasteiger partial charge on any atom is -0.394 e. The summed E-state index contributed by atoms with van der Waals surface area (Å²) in [5.74, 6) is -13.8. The molecular formula is C74H110N22O16. The summed E-state index contributed by atoms with van der Waals surface area (Å²) in [5, 5.41) is 59.0. The molecule has 612 valence electrons. The molecule has 2 aliphatic rings. The summed E-state index contributed by atoms with van der Waals surface area (Å²) in [6, 6.07) is 9.72. The van der Waals surface area contributed by atoms with E-state index in [0.29, 0.717) is 29.5 Å². The minimum absolute atomic E-state index is 0.00618. The molecule has 0 bridgehead atoms. The maximum absolute atomic E-state index is 15.0. The molecule has 12 atom stereocenters. The maximum Gasteiger partial charge on any atom is 0.245 e. The van der Waals surface area contributed by atoms with Crippen LogP contribution in [-0.2, 0) is 91.2 Å². The number of hydrogen-bond acceptors (Lipinski definition) is 19. The van der Waals surface area contributed by atoms with E-state index in [1.54, 1.807) is 119 Å². The molecule has 38 heteroatoms. The second kappa shape index (κ2) is 46.0. The molecule has 15 amide bonds. The van der Waals surface area contributed by atoms with Gasteiger partial charge in [0.15, 0.2) is 11.9 Å². The first-order valence-electron chi connectivity index (χ1n) is 37.3. The SMILES string of the molecule is CC(C)C[C@H](NC(=O)[C@H](Cc1ccccc1)NC(=O)[C@H](Cc1ccccc1)NC(=O)CNC(=O)CNC(=O)[C@H](CO)NC(=O)[C@@H]1CCCN1C(=O)[C@H](C)NC(=O)[C@@H](N)C(C)C)C(=O)N[C@@H](Cc1ccccc1)C(=O)N[C@@H](CCCNC(=N)N)C(=O)N1CCC[C@H]1C(=O)N[C@@H](CCCNC(=N)N)C(=O)N[C@@H](CC(N)=O)C(N)=O. The molecule has 3 aromatic carbocycles. The Bertz CT molecular complexity index is 3760. The molecule has 0 aliphatic carbocycles. The fourth-order valence-corrected chi connectivity index (χ4v) is 12.5. The Kier molecular flexibility index (Phi) is 37.3. The Morgan fingerprint density at radius 1 is 0.446 bits per heavy atom. The number of carbonyl (C=O) groups is 15. The van der Waals surface area contributed by atoms with Gasteiger partial charge in [-0.25, -0.2) is 0 Å². The highest BCUT2D eigenvalue weighted by Gasteiger charge is 2.42. The Morgan fingerprint density at radius 2 is 0.848 bits per heavy atom. The normalized spacial score (nSPS) is 16.4. The molecular weight excluding hydrogens is 1450 g/mol. The zero-order valence-corrected chi connectivity index (χ0v) is 63.7. The molecule has 0 aromatic heterocycles. The largest absolute Gasteiger partial charge is 0.394 e. The molecule has 3 aromatic rings. The van der Waals surface area contributed by atoms with Gasteiger partial charge in [-0.15, -0.1) is 0 Å². The molecule has 2 aliphatic heterocycles. The second-order valence-corrected chi connectivity index (χ2v) is 28.3. The number of aliphatic hydroxyl groups excluding tert-OH is 1. The highest BCUT2D eigenvalue weighted by atomic mass is 16.3. The lowest BCUT2D eigenvalue weighted by Crippen LogP contribution is -2.61. The summed E-state index contributed by atoms with van der Waals surface area (Å²) in [5.41, 5.74) is 29.4. The third kappa shape index (κ3) is 30.6. The van der Waals surface area contributed by atoms with Crippen molar-refractivity contribution >= 4 is 101 Å². The average molecular weight is 1560 g/mol. The fraction of sp³-hybridized carbons (Fsp3) is 0.527. The van der Waals surface area contributed by atoms with Crippen LogP contribution in [0.25, 0.3) is 0 Å². The summed E-state index contributed by atoms with van der Waals surface area (Å²) in [4.78, 5) is 209. The second-order valence-electron chi connectivity index (χ2n) is 28.3. The molecule has 0 saturated carbocycles. The van der Waals surface area contributed by atoms with E-state index in [4.69, 9.17) is 39.5 Å². The van der Waals surface area contributed by atoms with Crippen LogP contribution in [-0.4, -0.2) is 234 Å². The number of benzene rings is 3. The maximum atomic E-state index is 15.0. The van der Waals surface area contributed by atoms with Crippen LogP contribution in [0.3, 0.4) is 0 Å². The lowest BCUT2D eigenvalue weighted by molar-refractivity contribution is -0.142. The predicted molar refractivity (Wildman–Crippen MR) is 410 cm³/mol. The zero-order valence-electron chi connectivity index (χ0n) is 63.7. The number of hydrogen-bond donors (Lipinski definition) is 21. The molecule has 112 heavy (non-hydrogen) atoms. The van der Waals surface area contributed by atoms with E-state index < -0.39 is 187 Å². The van der Waals surface area contributed by atoms with Crippen LogP contribution in [0.4, 0.5) is 0 Å². The number of nitrogens with zero attached hydrogens (tertiary/aromatic N) is 2. The van der Waals surface area contributed by atoms with Gasteiger partial charge in [-0.05, 0) is 93.2 Å². The van der Waals surface area contributed by atoms with Crippen molar-refractivity contribution in [3.05, 3.63) is 108 Å². The summed E-state index contributed by atoms with van der Waals surface area (Å²) >= 11 is 0. The van der Waals surface area contributed by atoms with E-state index in [1.807, 2.05) is 0 Å². The molecule has 38 nitrogen and oxygen atoms in total. The van der Waals surface area contributed by atoms with Gasteiger partial charge in [0.25, 0.3) is 0 Å². The number of carbonyl (C=O) groups excluding carboxylic acids is 15. The van der Waals surface area contributed by atoms with Crippen LogP contribution in [0.1, 0.15) is 116 Å². The Balaban J connectivity index is 1.33. The van der Waals surface area contributed by atoms with Gasteiger partial charge in [-0.2, -0.15) is 0 Å². The molecule has 2 fully saturated rings. The van der Waals surface area contributed by atoms with Crippen LogP contribution < -0.4 is 97.8 Å². The quantitative estimate of drug-likeness (QED) is 0.0142. The molecule has 2 heterocycles. The third-order valence-corrected chi connectivity index (χ3v) is 18.5. The highest BCUT2D eigenvalue weighted by Crippen LogP contribution is 2.23. The summed E-state index contributed by atoms with van der Waals surface area (Å²) < 4.78 is 0. The highest BCUT2D eigenvalue weighted by molar-refractivity contribution is 6.00. The van der Waals surface area contributed by atoms with Crippen LogP contribution in [0.2, 0.25) is 0 Å². The van der Waals surface area contributed by atoms with Gasteiger partial charge in [0.2, 0.25) is 88.6 Å². The van der Waals surface area contributed by atoms with E-state index in [2.05, 4.69) is 69.1 Å². The molecule has 2 saturated heterocycles. The number of nitrogens with two attached hydrogens (primary N) is 5. The third-order valence-electron chi connectivity index (χ3n) is 18.5. The van der Waals surface area contributed by atoms with Crippen LogP contribution >= 0.6 is 0 Å². The van der Waals surface area contributed by atoms with Crippen molar-refractivity contribution in [2.45, 2.75) is 191 Å². The number of nitrogens with one attached hydrogen (secondary N) is 15. The molecule has 5 rings (SSSR count). The number of likely N-dealkylation sites (tertiary alicyclic amines) is 2. The molecule has 0 spiro atoms. The van der Waals surface area contributed by atoms with Gasteiger partial charge >= 0.3 is 0 Å². The minimum atomic E-state index is -1.58. The predicted octanol–water partition coefficient (Wildman–Crippen LogP) is -5.78.